The van der Waals surface area contributed by atoms with Crippen molar-refractivity contribution in [2.75, 3.05) is 32.3 Å². The third kappa shape index (κ3) is 3.79. The first kappa shape index (κ1) is 12.9. The van der Waals surface area contributed by atoms with Crippen molar-refractivity contribution in [2.45, 2.75) is 6.10 Å². The molecule has 0 spiro atoms. The van der Waals surface area contributed by atoms with Gasteiger partial charge < -0.3 is 20.4 Å². The van der Waals surface area contributed by atoms with Gasteiger partial charge in [0.05, 0.1) is 13.2 Å². The van der Waals surface area contributed by atoms with E-state index in [1.165, 1.54) is 0 Å². The molecule has 0 bridgehead atoms. The van der Waals surface area contributed by atoms with Crippen LogP contribution < -0.4 is 10.9 Å². The summed E-state index contributed by atoms with van der Waals surface area (Å²) in [4.78, 5) is 0. The lowest BCUT2D eigenvalue weighted by Gasteiger charge is -2.13. The van der Waals surface area contributed by atoms with Crippen LogP contribution in [0.25, 0.3) is 0 Å². The zero-order valence-electron chi connectivity index (χ0n) is 9.31. The quantitative estimate of drug-likeness (QED) is 0.397. The first-order valence-corrected chi connectivity index (χ1v) is 5.15. The summed E-state index contributed by atoms with van der Waals surface area (Å²) < 4.78 is 5.10. The van der Waals surface area contributed by atoms with Crippen molar-refractivity contribution in [1.29, 1.82) is 0 Å². The predicted molar refractivity (Wildman–Crippen MR) is 62.0 cm³/mol. The standard InChI is InChI=1S/C11H18N2O3/c1-16-11(8-15)9-2-4-10(5-3-9)13-12-6-7-14/h2-5,11-15H,6-8H2,1H3. The Morgan fingerprint density at radius 3 is 2.44 bits per heavy atom. The van der Waals surface area contributed by atoms with Gasteiger partial charge in [-0.2, -0.15) is 0 Å². The fraction of sp³-hybridized carbons (Fsp3) is 0.455. The molecule has 0 aliphatic rings. The minimum Gasteiger partial charge on any atom is -0.395 e. The average molecular weight is 226 g/mol. The van der Waals surface area contributed by atoms with Gasteiger partial charge in [0.1, 0.15) is 6.10 Å². The lowest BCUT2D eigenvalue weighted by molar-refractivity contribution is 0.0484. The molecule has 0 radical (unpaired) electrons. The molecule has 0 heterocycles. The van der Waals surface area contributed by atoms with E-state index in [9.17, 15) is 0 Å². The molecule has 5 heteroatoms. The third-order valence-corrected chi connectivity index (χ3v) is 2.20. The second kappa shape index (κ2) is 7.19. The first-order chi connectivity index (χ1) is 7.81. The number of nitrogens with one attached hydrogen (secondary N) is 2. The maximum Gasteiger partial charge on any atom is 0.105 e. The molecule has 0 saturated carbocycles. The molecule has 0 aromatic heterocycles. The fourth-order valence-electron chi connectivity index (χ4n) is 1.32. The summed E-state index contributed by atoms with van der Waals surface area (Å²) in [5.41, 5.74) is 7.60. The van der Waals surface area contributed by atoms with E-state index in [2.05, 4.69) is 10.9 Å². The summed E-state index contributed by atoms with van der Waals surface area (Å²) in [6.07, 6.45) is -0.278. The van der Waals surface area contributed by atoms with Crippen molar-refractivity contribution in [3.8, 4) is 0 Å². The van der Waals surface area contributed by atoms with E-state index in [0.717, 1.165) is 11.3 Å². The highest BCUT2D eigenvalue weighted by atomic mass is 16.5. The molecule has 0 amide bonds. The number of hydrogen-bond donors (Lipinski definition) is 4. The van der Waals surface area contributed by atoms with Crippen LogP contribution in [0.2, 0.25) is 0 Å². The highest BCUT2D eigenvalue weighted by Crippen LogP contribution is 2.17. The van der Waals surface area contributed by atoms with Crippen molar-refractivity contribution in [2.24, 2.45) is 0 Å². The number of ether oxygens (including phenoxy) is 1. The number of methoxy groups -OCH3 is 1. The van der Waals surface area contributed by atoms with Gasteiger partial charge in [-0.15, -0.1) is 0 Å². The Labute approximate surface area is 95.0 Å². The summed E-state index contributed by atoms with van der Waals surface area (Å²) in [6, 6.07) is 7.52. The van der Waals surface area contributed by atoms with Crippen molar-refractivity contribution >= 4 is 5.69 Å². The highest BCUT2D eigenvalue weighted by Gasteiger charge is 2.07. The molecule has 5 nitrogen and oxygen atoms in total. The van der Waals surface area contributed by atoms with E-state index in [0.29, 0.717) is 6.54 Å². The minimum atomic E-state index is -0.278. The van der Waals surface area contributed by atoms with Crippen LogP contribution >= 0.6 is 0 Å². The van der Waals surface area contributed by atoms with Gasteiger partial charge in [0.25, 0.3) is 0 Å². The van der Waals surface area contributed by atoms with Crippen LogP contribution in [0, 0.1) is 0 Å². The lowest BCUT2D eigenvalue weighted by Crippen LogP contribution is -2.24. The molecule has 0 aliphatic carbocycles. The molecule has 1 aromatic carbocycles. The van der Waals surface area contributed by atoms with Crippen LogP contribution in [-0.2, 0) is 4.74 Å². The SMILES string of the molecule is COC(CO)c1ccc(NNCCO)cc1. The molecule has 0 aliphatic heterocycles. The summed E-state index contributed by atoms with van der Waals surface area (Å²) in [6.45, 7) is 0.534. The van der Waals surface area contributed by atoms with Crippen LogP contribution in [-0.4, -0.2) is 37.1 Å². The molecular weight excluding hydrogens is 208 g/mol. The number of hydrazine groups is 1. The zero-order valence-corrected chi connectivity index (χ0v) is 9.31. The van der Waals surface area contributed by atoms with Crippen LogP contribution in [0.1, 0.15) is 11.7 Å². The molecule has 16 heavy (non-hydrogen) atoms. The van der Waals surface area contributed by atoms with E-state index in [1.54, 1.807) is 7.11 Å². The summed E-state index contributed by atoms with van der Waals surface area (Å²) >= 11 is 0. The van der Waals surface area contributed by atoms with E-state index in [1.807, 2.05) is 24.3 Å². The molecule has 4 N–H and O–H groups in total. The number of aliphatic hydroxyl groups is 2. The van der Waals surface area contributed by atoms with Crippen molar-refractivity contribution in [3.63, 3.8) is 0 Å². The maximum absolute atomic E-state index is 9.04. The number of benzene rings is 1. The van der Waals surface area contributed by atoms with Gasteiger partial charge in [0, 0.05) is 19.3 Å². The topological polar surface area (TPSA) is 73.8 Å². The maximum atomic E-state index is 9.04. The van der Waals surface area contributed by atoms with Crippen molar-refractivity contribution < 1.29 is 14.9 Å². The molecule has 90 valence electrons. The van der Waals surface area contributed by atoms with E-state index >= 15 is 0 Å². The summed E-state index contributed by atoms with van der Waals surface area (Å²) in [7, 11) is 1.57. The van der Waals surface area contributed by atoms with Crippen LogP contribution in [0.5, 0.6) is 0 Å². The molecule has 1 rings (SSSR count). The Morgan fingerprint density at radius 1 is 1.25 bits per heavy atom. The molecule has 1 aromatic rings. The molecule has 1 unspecified atom stereocenters. The van der Waals surface area contributed by atoms with Crippen LogP contribution in [0.4, 0.5) is 5.69 Å². The largest absolute Gasteiger partial charge is 0.395 e. The second-order valence-electron chi connectivity index (χ2n) is 3.30. The van der Waals surface area contributed by atoms with E-state index < -0.39 is 0 Å². The Kier molecular flexibility index (Phi) is 5.81. The predicted octanol–water partition coefficient (Wildman–Crippen LogP) is 0.275. The molecular formula is C11H18N2O3. The van der Waals surface area contributed by atoms with Gasteiger partial charge in [-0.3, -0.25) is 0 Å². The number of aliphatic hydroxyl groups excluding tert-OH is 2. The van der Waals surface area contributed by atoms with Gasteiger partial charge in [0.2, 0.25) is 0 Å². The zero-order chi connectivity index (χ0) is 11.8. The fourth-order valence-corrected chi connectivity index (χ4v) is 1.32. The Balaban J connectivity index is 2.53. The van der Waals surface area contributed by atoms with Gasteiger partial charge in [0.15, 0.2) is 0 Å². The monoisotopic (exact) mass is 226 g/mol. The lowest BCUT2D eigenvalue weighted by atomic mass is 10.1. The van der Waals surface area contributed by atoms with Crippen molar-refractivity contribution in [1.82, 2.24) is 5.43 Å². The third-order valence-electron chi connectivity index (χ3n) is 2.20. The average Bonchev–Trinajstić information content (AvgIpc) is 2.33. The van der Waals surface area contributed by atoms with Gasteiger partial charge in [-0.05, 0) is 17.7 Å². The smallest absolute Gasteiger partial charge is 0.105 e. The van der Waals surface area contributed by atoms with Crippen LogP contribution in [0.15, 0.2) is 24.3 Å². The second-order valence-corrected chi connectivity index (χ2v) is 3.30. The molecule has 0 saturated heterocycles. The highest BCUT2D eigenvalue weighted by molar-refractivity contribution is 5.44. The normalized spacial score (nSPS) is 12.4. The van der Waals surface area contributed by atoms with E-state index in [-0.39, 0.29) is 19.3 Å². The molecule has 0 fully saturated rings. The van der Waals surface area contributed by atoms with Gasteiger partial charge in [-0.25, -0.2) is 5.43 Å². The summed E-state index contributed by atoms with van der Waals surface area (Å²) in [5, 5.41) is 17.6. The minimum absolute atomic E-state index is 0.0357. The summed E-state index contributed by atoms with van der Waals surface area (Å²) in [5.74, 6) is 0. The van der Waals surface area contributed by atoms with Crippen LogP contribution in [0.3, 0.4) is 0 Å². The Hall–Kier alpha value is -1.14. The van der Waals surface area contributed by atoms with Gasteiger partial charge >= 0.3 is 0 Å². The number of rotatable bonds is 7. The molecule has 1 atom stereocenters. The van der Waals surface area contributed by atoms with Gasteiger partial charge in [-0.1, -0.05) is 12.1 Å². The number of hydrogen-bond acceptors (Lipinski definition) is 5. The Morgan fingerprint density at radius 2 is 1.94 bits per heavy atom. The number of anilines is 1. The Bertz CT molecular complexity index is 286. The van der Waals surface area contributed by atoms with Crippen molar-refractivity contribution in [3.05, 3.63) is 29.8 Å². The van der Waals surface area contributed by atoms with E-state index in [4.69, 9.17) is 14.9 Å². The first-order valence-electron chi connectivity index (χ1n) is 5.15.